The number of hydrogen-bond donors (Lipinski definition) is 2. The fraction of sp³-hybridized carbons (Fsp3) is 0.333. The molecule has 0 spiro atoms. The normalized spacial score (nSPS) is 16.5. The van der Waals surface area contributed by atoms with E-state index in [1.807, 2.05) is 18.2 Å². The number of carbonyl (C=O) groups excluding carboxylic acids is 2. The first-order chi connectivity index (χ1) is 18.6. The fourth-order valence-electron chi connectivity index (χ4n) is 5.06. The topological polar surface area (TPSA) is 89.1 Å². The van der Waals surface area contributed by atoms with E-state index in [1.165, 1.54) is 18.2 Å². The third kappa shape index (κ3) is 5.60. The van der Waals surface area contributed by atoms with E-state index < -0.39 is 0 Å². The molecule has 0 aromatic heterocycles. The van der Waals surface area contributed by atoms with Gasteiger partial charge in [-0.3, -0.25) is 9.59 Å². The summed E-state index contributed by atoms with van der Waals surface area (Å²) in [7, 11) is 3.07. The van der Waals surface area contributed by atoms with Gasteiger partial charge in [0.2, 0.25) is 0 Å². The van der Waals surface area contributed by atoms with Crippen molar-refractivity contribution in [1.29, 1.82) is 0 Å². The predicted octanol–water partition coefficient (Wildman–Crippen LogP) is 4.43. The van der Waals surface area contributed by atoms with Crippen molar-refractivity contribution >= 4 is 23.2 Å². The van der Waals surface area contributed by atoms with Crippen molar-refractivity contribution in [3.8, 4) is 11.5 Å². The summed E-state index contributed by atoms with van der Waals surface area (Å²) in [5.74, 6) is 0.471. The molecule has 2 N–H and O–H groups in total. The van der Waals surface area contributed by atoms with Gasteiger partial charge in [0.25, 0.3) is 11.8 Å². The van der Waals surface area contributed by atoms with E-state index in [4.69, 9.17) is 14.2 Å². The Bertz CT molecular complexity index is 1320. The number of fused-ring (bicyclic) bond motifs is 1. The summed E-state index contributed by atoms with van der Waals surface area (Å²) >= 11 is 0. The summed E-state index contributed by atoms with van der Waals surface area (Å²) < 4.78 is 16.3. The summed E-state index contributed by atoms with van der Waals surface area (Å²) in [6.45, 7) is 2.71. The van der Waals surface area contributed by atoms with Crippen molar-refractivity contribution in [2.45, 2.75) is 31.9 Å². The molecule has 8 nitrogen and oxygen atoms in total. The number of anilines is 2. The second-order valence-electron chi connectivity index (χ2n) is 9.54. The van der Waals surface area contributed by atoms with Gasteiger partial charge in [-0.15, -0.1) is 0 Å². The zero-order chi connectivity index (χ0) is 26.5. The Kier molecular flexibility index (Phi) is 7.79. The van der Waals surface area contributed by atoms with Crippen LogP contribution in [-0.2, 0) is 17.7 Å². The predicted molar refractivity (Wildman–Crippen MR) is 146 cm³/mol. The van der Waals surface area contributed by atoms with E-state index >= 15 is 0 Å². The summed E-state index contributed by atoms with van der Waals surface area (Å²) in [5, 5.41) is 5.97. The van der Waals surface area contributed by atoms with E-state index in [-0.39, 0.29) is 17.9 Å². The Morgan fingerprint density at radius 2 is 1.82 bits per heavy atom. The number of benzene rings is 3. The number of methoxy groups -OCH3 is 2. The molecule has 2 aliphatic heterocycles. The molecule has 0 aliphatic carbocycles. The van der Waals surface area contributed by atoms with Gasteiger partial charge in [0.15, 0.2) is 0 Å². The number of nitrogens with one attached hydrogen (secondary N) is 2. The fourth-order valence-corrected chi connectivity index (χ4v) is 5.06. The first-order valence-electron chi connectivity index (χ1n) is 12.9. The SMILES string of the molecule is COc1ccc(C(=O)Nc2ccc(N3CCc4ccccc4C3)c(C(=O)NCC3CCCO3)c2)c(OC)c1. The second kappa shape index (κ2) is 11.6. The molecule has 0 radical (unpaired) electrons. The highest BCUT2D eigenvalue weighted by Gasteiger charge is 2.24. The molecule has 3 aromatic carbocycles. The van der Waals surface area contributed by atoms with Gasteiger partial charge >= 0.3 is 0 Å². The lowest BCUT2D eigenvalue weighted by Crippen LogP contribution is -2.35. The van der Waals surface area contributed by atoms with Gasteiger partial charge in [0, 0.05) is 43.7 Å². The van der Waals surface area contributed by atoms with Crippen molar-refractivity contribution in [1.82, 2.24) is 5.32 Å². The molecule has 5 rings (SSSR count). The number of amides is 2. The molecule has 8 heteroatoms. The van der Waals surface area contributed by atoms with Crippen LogP contribution in [0, 0.1) is 0 Å². The summed E-state index contributed by atoms with van der Waals surface area (Å²) in [5.41, 5.74) is 4.84. The highest BCUT2D eigenvalue weighted by molar-refractivity contribution is 6.08. The third-order valence-electron chi connectivity index (χ3n) is 7.14. The highest BCUT2D eigenvalue weighted by Crippen LogP contribution is 2.31. The van der Waals surface area contributed by atoms with Crippen LogP contribution >= 0.6 is 0 Å². The van der Waals surface area contributed by atoms with Crippen LogP contribution in [0.3, 0.4) is 0 Å². The Balaban J connectivity index is 1.41. The monoisotopic (exact) mass is 515 g/mol. The van der Waals surface area contributed by atoms with Crippen LogP contribution < -0.4 is 25.0 Å². The minimum Gasteiger partial charge on any atom is -0.497 e. The minimum absolute atomic E-state index is 0.0367. The van der Waals surface area contributed by atoms with Crippen molar-refractivity contribution in [3.63, 3.8) is 0 Å². The quantitative estimate of drug-likeness (QED) is 0.462. The van der Waals surface area contributed by atoms with Crippen LogP contribution in [-0.4, -0.2) is 51.8 Å². The maximum atomic E-state index is 13.4. The zero-order valence-corrected chi connectivity index (χ0v) is 21.8. The lowest BCUT2D eigenvalue weighted by Gasteiger charge is -2.32. The second-order valence-corrected chi connectivity index (χ2v) is 9.54. The summed E-state index contributed by atoms with van der Waals surface area (Å²) in [6, 6.07) is 18.9. The number of rotatable bonds is 8. The number of ether oxygens (including phenoxy) is 3. The van der Waals surface area contributed by atoms with E-state index in [0.717, 1.165) is 44.6 Å². The Labute approximate surface area is 222 Å². The smallest absolute Gasteiger partial charge is 0.259 e. The van der Waals surface area contributed by atoms with Crippen molar-refractivity contribution in [2.75, 3.05) is 44.1 Å². The molecule has 1 fully saturated rings. The Morgan fingerprint density at radius 3 is 2.58 bits per heavy atom. The lowest BCUT2D eigenvalue weighted by molar-refractivity contribution is 0.0858. The molecule has 0 bridgehead atoms. The number of carbonyl (C=O) groups is 2. The first-order valence-corrected chi connectivity index (χ1v) is 12.9. The Hall–Kier alpha value is -4.04. The standard InChI is InChI=1S/C30H33N3O5/c1-36-23-10-11-25(28(17-23)37-2)30(35)32-22-9-12-27(33-14-13-20-6-3-4-7-21(20)19-33)26(16-22)29(34)31-18-24-8-5-15-38-24/h3-4,6-7,9-12,16-17,24H,5,8,13-15,18-19H2,1-2H3,(H,31,34)(H,32,35). The van der Waals surface area contributed by atoms with E-state index in [0.29, 0.717) is 34.9 Å². The molecule has 2 amide bonds. The van der Waals surface area contributed by atoms with E-state index in [9.17, 15) is 9.59 Å². The molecule has 2 heterocycles. The summed E-state index contributed by atoms with van der Waals surface area (Å²) in [6.07, 6.45) is 2.89. The highest BCUT2D eigenvalue weighted by atomic mass is 16.5. The maximum Gasteiger partial charge on any atom is 0.259 e. The molecule has 198 valence electrons. The Morgan fingerprint density at radius 1 is 0.974 bits per heavy atom. The van der Waals surface area contributed by atoms with Crippen LogP contribution in [0.15, 0.2) is 60.7 Å². The minimum atomic E-state index is -0.338. The van der Waals surface area contributed by atoms with Crippen LogP contribution in [0.1, 0.15) is 44.7 Å². The van der Waals surface area contributed by atoms with Crippen LogP contribution in [0.5, 0.6) is 11.5 Å². The number of hydrogen-bond acceptors (Lipinski definition) is 6. The molecule has 2 aliphatic rings. The van der Waals surface area contributed by atoms with Gasteiger partial charge in [-0.1, -0.05) is 24.3 Å². The van der Waals surface area contributed by atoms with Crippen molar-refractivity contribution in [3.05, 3.63) is 82.9 Å². The van der Waals surface area contributed by atoms with Crippen LogP contribution in [0.25, 0.3) is 0 Å². The summed E-state index contributed by atoms with van der Waals surface area (Å²) in [4.78, 5) is 28.8. The molecule has 1 unspecified atom stereocenters. The van der Waals surface area contributed by atoms with Gasteiger partial charge in [-0.25, -0.2) is 0 Å². The van der Waals surface area contributed by atoms with Crippen LogP contribution in [0.4, 0.5) is 11.4 Å². The molecule has 3 aromatic rings. The lowest BCUT2D eigenvalue weighted by atomic mass is 9.98. The molecule has 1 saturated heterocycles. The van der Waals surface area contributed by atoms with Gasteiger partial charge < -0.3 is 29.7 Å². The van der Waals surface area contributed by atoms with Crippen LogP contribution in [0.2, 0.25) is 0 Å². The maximum absolute atomic E-state index is 13.4. The number of nitrogens with zero attached hydrogens (tertiary/aromatic N) is 1. The molecule has 0 saturated carbocycles. The van der Waals surface area contributed by atoms with E-state index in [2.05, 4.69) is 33.7 Å². The molecular formula is C30H33N3O5. The average molecular weight is 516 g/mol. The molecular weight excluding hydrogens is 482 g/mol. The van der Waals surface area contributed by atoms with Gasteiger partial charge in [0.1, 0.15) is 11.5 Å². The zero-order valence-electron chi connectivity index (χ0n) is 21.8. The third-order valence-corrected chi connectivity index (χ3v) is 7.14. The van der Waals surface area contributed by atoms with Crippen molar-refractivity contribution in [2.24, 2.45) is 0 Å². The molecule has 1 atom stereocenters. The van der Waals surface area contributed by atoms with Gasteiger partial charge in [-0.2, -0.15) is 0 Å². The van der Waals surface area contributed by atoms with Gasteiger partial charge in [-0.05, 0) is 60.7 Å². The van der Waals surface area contributed by atoms with Crippen molar-refractivity contribution < 1.29 is 23.8 Å². The largest absolute Gasteiger partial charge is 0.497 e. The first kappa shape index (κ1) is 25.6. The van der Waals surface area contributed by atoms with E-state index in [1.54, 1.807) is 31.4 Å². The average Bonchev–Trinajstić information content (AvgIpc) is 3.49. The van der Waals surface area contributed by atoms with Gasteiger partial charge in [0.05, 0.1) is 31.5 Å². The molecule has 38 heavy (non-hydrogen) atoms.